The molecule has 0 bridgehead atoms. The molecule has 128 valence electrons. The highest BCUT2D eigenvalue weighted by Crippen LogP contribution is 2.30. The number of para-hydroxylation sites is 1. The summed E-state index contributed by atoms with van der Waals surface area (Å²) < 4.78 is 18.6. The van der Waals surface area contributed by atoms with Crippen molar-refractivity contribution in [2.24, 2.45) is 0 Å². The first-order chi connectivity index (χ1) is 12.1. The smallest absolute Gasteiger partial charge is 0.278 e. The summed E-state index contributed by atoms with van der Waals surface area (Å²) in [4.78, 5) is 18.0. The summed E-state index contributed by atoms with van der Waals surface area (Å²) in [5.74, 6) is 0.288. The first-order valence-electron chi connectivity index (χ1n) is 7.32. The molecule has 0 unspecified atom stereocenters. The van der Waals surface area contributed by atoms with Crippen molar-refractivity contribution in [1.82, 2.24) is 9.97 Å². The maximum absolute atomic E-state index is 13.7. The van der Waals surface area contributed by atoms with Gasteiger partial charge in [0.2, 0.25) is 0 Å². The number of ether oxygens (including phenoxy) is 1. The number of halogens is 1. The van der Waals surface area contributed by atoms with Gasteiger partial charge in [0.25, 0.3) is 5.69 Å². The molecule has 25 heavy (non-hydrogen) atoms. The number of aromatic nitrogens is 2. The lowest BCUT2D eigenvalue weighted by Gasteiger charge is -2.04. The van der Waals surface area contributed by atoms with Crippen molar-refractivity contribution < 1.29 is 14.1 Å². The van der Waals surface area contributed by atoms with E-state index in [-0.39, 0.29) is 11.4 Å². The average molecular weight is 359 g/mol. The summed E-state index contributed by atoms with van der Waals surface area (Å²) in [6.45, 7) is 0. The highest BCUT2D eigenvalue weighted by molar-refractivity contribution is 7.98. The normalized spacial score (nSPS) is 10.6. The molecule has 0 saturated carbocycles. The summed E-state index contributed by atoms with van der Waals surface area (Å²) in [6.07, 6.45) is 1.55. The molecule has 0 aliphatic heterocycles. The largest absolute Gasteiger partial charge is 0.494 e. The molecule has 1 heterocycles. The van der Waals surface area contributed by atoms with Gasteiger partial charge in [-0.05, 0) is 23.8 Å². The third kappa shape index (κ3) is 3.80. The van der Waals surface area contributed by atoms with Crippen LogP contribution in [0.3, 0.4) is 0 Å². The molecule has 3 rings (SSSR count). The van der Waals surface area contributed by atoms with Gasteiger partial charge < -0.3 is 9.72 Å². The molecule has 0 radical (unpaired) electrons. The third-order valence-electron chi connectivity index (χ3n) is 3.54. The van der Waals surface area contributed by atoms with Gasteiger partial charge in [-0.25, -0.2) is 9.37 Å². The molecule has 0 aliphatic rings. The monoisotopic (exact) mass is 359 g/mol. The number of thioether (sulfide) groups is 1. The Labute approximate surface area is 147 Å². The van der Waals surface area contributed by atoms with Crippen molar-refractivity contribution in [2.45, 2.75) is 10.9 Å². The summed E-state index contributed by atoms with van der Waals surface area (Å²) in [6, 6.07) is 11.2. The Balaban J connectivity index is 1.74. The Bertz CT molecular complexity index is 914. The van der Waals surface area contributed by atoms with E-state index in [2.05, 4.69) is 9.97 Å². The first kappa shape index (κ1) is 17.0. The van der Waals surface area contributed by atoms with E-state index < -0.39 is 10.7 Å². The van der Waals surface area contributed by atoms with Gasteiger partial charge in [0.05, 0.1) is 29.5 Å². The third-order valence-corrected chi connectivity index (χ3v) is 4.49. The van der Waals surface area contributed by atoms with Crippen molar-refractivity contribution in [3.05, 3.63) is 70.2 Å². The van der Waals surface area contributed by atoms with Crippen LogP contribution in [-0.4, -0.2) is 22.0 Å². The molecule has 6 nitrogen and oxygen atoms in total. The van der Waals surface area contributed by atoms with Crippen molar-refractivity contribution in [3.63, 3.8) is 0 Å². The van der Waals surface area contributed by atoms with Crippen LogP contribution in [0.15, 0.2) is 53.8 Å². The summed E-state index contributed by atoms with van der Waals surface area (Å²) in [7, 11) is 1.42. The molecule has 0 spiro atoms. The Hall–Kier alpha value is -2.87. The molecular formula is C17H14FN3O3S. The van der Waals surface area contributed by atoms with E-state index in [1.807, 2.05) is 0 Å². The molecule has 0 atom stereocenters. The van der Waals surface area contributed by atoms with Crippen LogP contribution in [0.4, 0.5) is 10.1 Å². The number of hydrogen-bond acceptors (Lipinski definition) is 5. The zero-order valence-corrected chi connectivity index (χ0v) is 14.0. The quantitative estimate of drug-likeness (QED) is 0.400. The van der Waals surface area contributed by atoms with Crippen LogP contribution >= 0.6 is 11.8 Å². The second-order valence-corrected chi connectivity index (χ2v) is 6.10. The summed E-state index contributed by atoms with van der Waals surface area (Å²) in [5.41, 5.74) is 1.84. The number of methoxy groups -OCH3 is 1. The SMILES string of the molecule is COc1ccc(CSc2ncc(-c3ccccc3[N+](=O)[O-])[nH]2)cc1F. The van der Waals surface area contributed by atoms with Crippen LogP contribution in [0.25, 0.3) is 11.3 Å². The van der Waals surface area contributed by atoms with E-state index in [1.54, 1.807) is 36.5 Å². The molecular weight excluding hydrogens is 345 g/mol. The van der Waals surface area contributed by atoms with Crippen LogP contribution in [-0.2, 0) is 5.75 Å². The van der Waals surface area contributed by atoms with E-state index >= 15 is 0 Å². The molecule has 2 aromatic carbocycles. The Morgan fingerprint density at radius 1 is 1.32 bits per heavy atom. The predicted molar refractivity (Wildman–Crippen MR) is 93.2 cm³/mol. The van der Waals surface area contributed by atoms with Gasteiger partial charge in [-0.1, -0.05) is 30.0 Å². The second kappa shape index (κ2) is 7.35. The number of H-pyrrole nitrogens is 1. The van der Waals surface area contributed by atoms with Crippen molar-refractivity contribution >= 4 is 17.4 Å². The van der Waals surface area contributed by atoms with Crippen molar-refractivity contribution in [2.75, 3.05) is 7.11 Å². The van der Waals surface area contributed by atoms with Crippen LogP contribution in [0, 0.1) is 15.9 Å². The maximum atomic E-state index is 13.7. The lowest BCUT2D eigenvalue weighted by molar-refractivity contribution is -0.384. The molecule has 8 heteroatoms. The van der Waals surface area contributed by atoms with Gasteiger partial charge in [-0.2, -0.15) is 0 Å². The van der Waals surface area contributed by atoms with Gasteiger partial charge in [0.1, 0.15) is 0 Å². The van der Waals surface area contributed by atoms with E-state index in [9.17, 15) is 14.5 Å². The lowest BCUT2D eigenvalue weighted by atomic mass is 10.1. The predicted octanol–water partition coefficient (Wildman–Crippen LogP) is 4.42. The molecule has 0 aliphatic carbocycles. The number of rotatable bonds is 6. The number of imidazole rings is 1. The van der Waals surface area contributed by atoms with Crippen LogP contribution in [0.2, 0.25) is 0 Å². The lowest BCUT2D eigenvalue weighted by Crippen LogP contribution is -1.91. The number of nitrogens with one attached hydrogen (secondary N) is 1. The minimum atomic E-state index is -0.427. The Kier molecular flexibility index (Phi) is 4.99. The molecule has 1 aromatic heterocycles. The molecule has 3 aromatic rings. The Morgan fingerprint density at radius 2 is 2.12 bits per heavy atom. The number of nitro benzene ring substituents is 1. The van der Waals surface area contributed by atoms with E-state index in [4.69, 9.17) is 4.74 Å². The number of hydrogen-bond donors (Lipinski definition) is 1. The standard InChI is InChI=1S/C17H14FN3O3S/c1-24-16-7-6-11(8-13(16)18)10-25-17-19-9-14(20-17)12-4-2-3-5-15(12)21(22)23/h2-9H,10H2,1H3,(H,19,20). The maximum Gasteiger partial charge on any atom is 0.278 e. The fourth-order valence-corrected chi connectivity index (χ4v) is 3.12. The second-order valence-electron chi connectivity index (χ2n) is 5.13. The molecule has 0 saturated heterocycles. The van der Waals surface area contributed by atoms with Crippen LogP contribution in [0.5, 0.6) is 5.75 Å². The van der Waals surface area contributed by atoms with Gasteiger partial charge in [0, 0.05) is 11.8 Å². The van der Waals surface area contributed by atoms with Crippen molar-refractivity contribution in [1.29, 1.82) is 0 Å². The zero-order chi connectivity index (χ0) is 17.8. The van der Waals surface area contributed by atoms with Gasteiger partial charge in [-0.3, -0.25) is 10.1 Å². The van der Waals surface area contributed by atoms with Crippen LogP contribution in [0.1, 0.15) is 5.56 Å². The fourth-order valence-electron chi connectivity index (χ4n) is 2.33. The topological polar surface area (TPSA) is 81.1 Å². The fraction of sp³-hybridized carbons (Fsp3) is 0.118. The summed E-state index contributed by atoms with van der Waals surface area (Å²) in [5, 5.41) is 11.7. The highest BCUT2D eigenvalue weighted by atomic mass is 32.2. The minimum Gasteiger partial charge on any atom is -0.494 e. The van der Waals surface area contributed by atoms with Gasteiger partial charge >= 0.3 is 0 Å². The average Bonchev–Trinajstić information content (AvgIpc) is 3.09. The first-order valence-corrected chi connectivity index (χ1v) is 8.31. The minimum absolute atomic E-state index is 0.0138. The number of nitro groups is 1. The molecule has 0 amide bonds. The molecule has 1 N–H and O–H groups in total. The summed E-state index contributed by atoms with van der Waals surface area (Å²) >= 11 is 1.38. The van der Waals surface area contributed by atoms with E-state index in [1.165, 1.54) is 31.0 Å². The van der Waals surface area contributed by atoms with E-state index in [0.29, 0.717) is 22.2 Å². The van der Waals surface area contributed by atoms with Crippen molar-refractivity contribution in [3.8, 4) is 17.0 Å². The number of aromatic amines is 1. The number of nitrogens with zero attached hydrogens (tertiary/aromatic N) is 2. The van der Waals surface area contributed by atoms with E-state index in [0.717, 1.165) is 5.56 Å². The number of benzene rings is 2. The van der Waals surface area contributed by atoms with Crippen LogP contribution < -0.4 is 4.74 Å². The highest BCUT2D eigenvalue weighted by Gasteiger charge is 2.16. The van der Waals surface area contributed by atoms with Gasteiger partial charge in [0.15, 0.2) is 16.7 Å². The molecule has 0 fully saturated rings. The zero-order valence-electron chi connectivity index (χ0n) is 13.2. The van der Waals surface area contributed by atoms with Gasteiger partial charge in [-0.15, -0.1) is 0 Å². The Morgan fingerprint density at radius 3 is 2.84 bits per heavy atom.